The molecule has 2 N–H and O–H groups in total. The predicted molar refractivity (Wildman–Crippen MR) is 55.2 cm³/mol. The molecule has 0 unspecified atom stereocenters. The van der Waals surface area contributed by atoms with E-state index in [-0.39, 0.29) is 5.91 Å². The molecule has 1 aromatic rings. The summed E-state index contributed by atoms with van der Waals surface area (Å²) in [5, 5.41) is 5.92. The van der Waals surface area contributed by atoms with Crippen molar-refractivity contribution >= 4 is 5.91 Å². The van der Waals surface area contributed by atoms with E-state index in [9.17, 15) is 4.79 Å². The first kappa shape index (κ1) is 9.21. The zero-order valence-electron chi connectivity index (χ0n) is 8.26. The van der Waals surface area contributed by atoms with Crippen LogP contribution in [0.1, 0.15) is 21.5 Å². The van der Waals surface area contributed by atoms with Crippen molar-refractivity contribution in [2.75, 3.05) is 13.6 Å². The van der Waals surface area contributed by atoms with Crippen molar-refractivity contribution < 1.29 is 4.79 Å². The minimum absolute atomic E-state index is 0.0557. The third kappa shape index (κ3) is 1.63. The van der Waals surface area contributed by atoms with Gasteiger partial charge >= 0.3 is 0 Å². The van der Waals surface area contributed by atoms with Crippen LogP contribution < -0.4 is 10.6 Å². The Bertz CT molecular complexity index is 360. The van der Waals surface area contributed by atoms with Crippen molar-refractivity contribution in [3.05, 3.63) is 34.9 Å². The average Bonchev–Trinajstić information content (AvgIpc) is 2.57. The van der Waals surface area contributed by atoms with Gasteiger partial charge in [0, 0.05) is 12.1 Å². The van der Waals surface area contributed by atoms with E-state index >= 15 is 0 Å². The minimum atomic E-state index is 0.0557. The molecule has 0 spiro atoms. The number of carbonyl (C=O) groups is 1. The molecule has 0 radical (unpaired) electrons. The van der Waals surface area contributed by atoms with Gasteiger partial charge in [0.15, 0.2) is 0 Å². The highest BCUT2D eigenvalue weighted by Crippen LogP contribution is 2.17. The Hall–Kier alpha value is -1.35. The van der Waals surface area contributed by atoms with E-state index in [1.54, 1.807) is 0 Å². The first-order chi connectivity index (χ1) is 6.81. The SMILES string of the molecule is CNCCc1ccc2c(c1)CNC2=O. The van der Waals surface area contributed by atoms with Crippen LogP contribution >= 0.6 is 0 Å². The quantitative estimate of drug-likeness (QED) is 0.736. The smallest absolute Gasteiger partial charge is 0.251 e. The van der Waals surface area contributed by atoms with Crippen molar-refractivity contribution in [2.24, 2.45) is 0 Å². The highest BCUT2D eigenvalue weighted by Gasteiger charge is 2.17. The highest BCUT2D eigenvalue weighted by atomic mass is 16.1. The summed E-state index contributed by atoms with van der Waals surface area (Å²) in [5.74, 6) is 0.0557. The standard InChI is InChI=1S/C11H14N2O/c1-12-5-4-8-2-3-10-9(6-8)7-13-11(10)14/h2-3,6,12H,4-5,7H2,1H3,(H,13,14). The Morgan fingerprint density at radius 3 is 3.14 bits per heavy atom. The molecule has 74 valence electrons. The molecule has 1 amide bonds. The third-order valence-corrected chi connectivity index (χ3v) is 2.52. The molecule has 2 rings (SSSR count). The lowest BCUT2D eigenvalue weighted by atomic mass is 10.0. The number of benzene rings is 1. The number of hydrogen-bond acceptors (Lipinski definition) is 2. The fourth-order valence-corrected chi connectivity index (χ4v) is 1.71. The maximum atomic E-state index is 11.3. The van der Waals surface area contributed by atoms with Gasteiger partial charge in [-0.1, -0.05) is 12.1 Å². The predicted octanol–water partition coefficient (Wildman–Crippen LogP) is 0.692. The van der Waals surface area contributed by atoms with Gasteiger partial charge < -0.3 is 10.6 Å². The molecular weight excluding hydrogens is 176 g/mol. The summed E-state index contributed by atoms with van der Waals surface area (Å²) in [6.45, 7) is 1.65. The summed E-state index contributed by atoms with van der Waals surface area (Å²) in [6.07, 6.45) is 1.01. The van der Waals surface area contributed by atoms with Crippen LogP contribution in [0, 0.1) is 0 Å². The molecule has 0 aromatic heterocycles. The van der Waals surface area contributed by atoms with Crippen molar-refractivity contribution in [3.63, 3.8) is 0 Å². The Morgan fingerprint density at radius 1 is 1.50 bits per heavy atom. The molecule has 0 saturated carbocycles. The van der Waals surface area contributed by atoms with E-state index in [1.165, 1.54) is 5.56 Å². The van der Waals surface area contributed by atoms with E-state index in [0.29, 0.717) is 6.54 Å². The van der Waals surface area contributed by atoms with Gasteiger partial charge in [-0.2, -0.15) is 0 Å². The molecule has 0 fully saturated rings. The summed E-state index contributed by atoms with van der Waals surface area (Å²) < 4.78 is 0. The number of carbonyl (C=O) groups excluding carboxylic acids is 1. The van der Waals surface area contributed by atoms with E-state index in [4.69, 9.17) is 0 Å². The lowest BCUT2D eigenvalue weighted by Crippen LogP contribution is -2.12. The van der Waals surface area contributed by atoms with Crippen LogP contribution in [-0.4, -0.2) is 19.5 Å². The summed E-state index contributed by atoms with van der Waals surface area (Å²) >= 11 is 0. The van der Waals surface area contributed by atoms with Crippen LogP contribution in [0.15, 0.2) is 18.2 Å². The largest absolute Gasteiger partial charge is 0.348 e. The molecule has 0 atom stereocenters. The summed E-state index contributed by atoms with van der Waals surface area (Å²) in [6, 6.07) is 6.06. The van der Waals surface area contributed by atoms with Crippen molar-refractivity contribution in [1.29, 1.82) is 0 Å². The lowest BCUT2D eigenvalue weighted by molar-refractivity contribution is 0.0966. The first-order valence-corrected chi connectivity index (χ1v) is 4.86. The van der Waals surface area contributed by atoms with Gasteiger partial charge in [0.1, 0.15) is 0 Å². The zero-order chi connectivity index (χ0) is 9.97. The van der Waals surface area contributed by atoms with Gasteiger partial charge in [0.05, 0.1) is 0 Å². The summed E-state index contributed by atoms with van der Waals surface area (Å²) in [5.41, 5.74) is 3.25. The topological polar surface area (TPSA) is 41.1 Å². The number of amides is 1. The van der Waals surface area contributed by atoms with Crippen LogP contribution in [0.2, 0.25) is 0 Å². The molecule has 3 nitrogen and oxygen atoms in total. The summed E-state index contributed by atoms with van der Waals surface area (Å²) in [7, 11) is 1.94. The van der Waals surface area contributed by atoms with E-state index in [0.717, 1.165) is 24.1 Å². The Morgan fingerprint density at radius 2 is 2.36 bits per heavy atom. The fraction of sp³-hybridized carbons (Fsp3) is 0.364. The zero-order valence-corrected chi connectivity index (χ0v) is 8.26. The first-order valence-electron chi connectivity index (χ1n) is 4.86. The van der Waals surface area contributed by atoms with Gasteiger partial charge in [-0.25, -0.2) is 0 Å². The van der Waals surface area contributed by atoms with Gasteiger partial charge in [0.25, 0.3) is 5.91 Å². The van der Waals surface area contributed by atoms with E-state index in [2.05, 4.69) is 16.7 Å². The van der Waals surface area contributed by atoms with Gasteiger partial charge in [0.2, 0.25) is 0 Å². The Labute approximate surface area is 83.5 Å². The molecule has 0 bridgehead atoms. The summed E-state index contributed by atoms with van der Waals surface area (Å²) in [4.78, 5) is 11.3. The van der Waals surface area contributed by atoms with Crippen molar-refractivity contribution in [3.8, 4) is 0 Å². The highest BCUT2D eigenvalue weighted by molar-refractivity contribution is 5.98. The van der Waals surface area contributed by atoms with Crippen molar-refractivity contribution in [2.45, 2.75) is 13.0 Å². The minimum Gasteiger partial charge on any atom is -0.348 e. The molecule has 14 heavy (non-hydrogen) atoms. The molecule has 3 heteroatoms. The van der Waals surface area contributed by atoms with E-state index in [1.807, 2.05) is 19.2 Å². The number of likely N-dealkylation sites (N-methyl/N-ethyl adjacent to an activating group) is 1. The van der Waals surface area contributed by atoms with Crippen LogP contribution in [0.25, 0.3) is 0 Å². The fourth-order valence-electron chi connectivity index (χ4n) is 1.71. The molecule has 0 aliphatic carbocycles. The number of nitrogens with one attached hydrogen (secondary N) is 2. The van der Waals surface area contributed by atoms with Crippen molar-refractivity contribution in [1.82, 2.24) is 10.6 Å². The molecule has 1 aliphatic rings. The number of hydrogen-bond donors (Lipinski definition) is 2. The van der Waals surface area contributed by atoms with E-state index < -0.39 is 0 Å². The second-order valence-electron chi connectivity index (χ2n) is 3.53. The van der Waals surface area contributed by atoms with Crippen LogP contribution in [0.4, 0.5) is 0 Å². The lowest BCUT2D eigenvalue weighted by Gasteiger charge is -2.02. The molecule has 0 saturated heterocycles. The monoisotopic (exact) mass is 190 g/mol. The molecule has 1 aliphatic heterocycles. The van der Waals surface area contributed by atoms with Gasteiger partial charge in [-0.3, -0.25) is 4.79 Å². The third-order valence-electron chi connectivity index (χ3n) is 2.52. The average molecular weight is 190 g/mol. The maximum absolute atomic E-state index is 11.3. The second-order valence-corrected chi connectivity index (χ2v) is 3.53. The second kappa shape index (κ2) is 3.80. The van der Waals surface area contributed by atoms with Crippen LogP contribution in [0.3, 0.4) is 0 Å². The number of rotatable bonds is 3. The van der Waals surface area contributed by atoms with Gasteiger partial charge in [-0.05, 0) is 37.2 Å². The Balaban J connectivity index is 2.19. The molecule has 1 aromatic carbocycles. The maximum Gasteiger partial charge on any atom is 0.251 e. The molecule has 1 heterocycles. The normalized spacial score (nSPS) is 13.9. The molecular formula is C11H14N2O. The van der Waals surface area contributed by atoms with Crippen LogP contribution in [0.5, 0.6) is 0 Å². The number of fused-ring (bicyclic) bond motifs is 1. The Kier molecular flexibility index (Phi) is 2.50. The van der Waals surface area contributed by atoms with Gasteiger partial charge in [-0.15, -0.1) is 0 Å². The van der Waals surface area contributed by atoms with Crippen LogP contribution in [-0.2, 0) is 13.0 Å².